The number of ether oxygens (including phenoxy) is 1. The summed E-state index contributed by atoms with van der Waals surface area (Å²) in [6.07, 6.45) is 5.14. The van der Waals surface area contributed by atoms with E-state index >= 15 is 0 Å². The Hall–Kier alpha value is -3.04. The third-order valence-corrected chi connectivity index (χ3v) is 3.61. The van der Waals surface area contributed by atoms with Crippen LogP contribution in [-0.2, 0) is 6.54 Å². The SMILES string of the molecule is COc1ccc(CN(c2ccc(C#N)cc2)n2ccnc2)cc1F.Cl. The maximum atomic E-state index is 13.9. The molecule has 0 saturated carbocycles. The molecule has 0 aliphatic heterocycles. The van der Waals surface area contributed by atoms with Gasteiger partial charge in [-0.15, -0.1) is 12.4 Å². The van der Waals surface area contributed by atoms with Gasteiger partial charge in [0, 0.05) is 12.4 Å². The second-order valence-electron chi connectivity index (χ2n) is 5.13. The normalized spacial score (nSPS) is 9.80. The molecule has 3 aromatic rings. The number of nitriles is 1. The van der Waals surface area contributed by atoms with E-state index in [9.17, 15) is 4.39 Å². The zero-order valence-electron chi connectivity index (χ0n) is 13.5. The number of aromatic nitrogens is 2. The number of methoxy groups -OCH3 is 1. The number of rotatable bonds is 5. The van der Waals surface area contributed by atoms with Gasteiger partial charge in [-0.05, 0) is 42.0 Å². The Morgan fingerprint density at radius 3 is 2.56 bits per heavy atom. The number of hydrogen-bond donors (Lipinski definition) is 0. The summed E-state index contributed by atoms with van der Waals surface area (Å²) in [4.78, 5) is 4.06. The van der Waals surface area contributed by atoms with Crippen molar-refractivity contribution in [3.8, 4) is 11.8 Å². The second-order valence-corrected chi connectivity index (χ2v) is 5.13. The minimum atomic E-state index is -0.402. The van der Waals surface area contributed by atoms with E-state index in [1.807, 2.05) is 27.9 Å². The van der Waals surface area contributed by atoms with E-state index in [1.54, 1.807) is 36.9 Å². The van der Waals surface area contributed by atoms with E-state index in [2.05, 4.69) is 11.1 Å². The molecule has 128 valence electrons. The van der Waals surface area contributed by atoms with Crippen LogP contribution in [0.15, 0.2) is 61.2 Å². The molecule has 0 unspecified atom stereocenters. The molecule has 0 amide bonds. The van der Waals surface area contributed by atoms with Crippen molar-refractivity contribution in [2.24, 2.45) is 0 Å². The predicted molar refractivity (Wildman–Crippen MR) is 95.2 cm³/mol. The molecule has 0 fully saturated rings. The first-order valence-electron chi connectivity index (χ1n) is 7.29. The van der Waals surface area contributed by atoms with E-state index in [4.69, 9.17) is 10.00 Å². The Labute approximate surface area is 151 Å². The second kappa shape index (κ2) is 8.18. The largest absolute Gasteiger partial charge is 0.494 e. The van der Waals surface area contributed by atoms with Crippen molar-refractivity contribution in [1.82, 2.24) is 9.66 Å². The molecule has 5 nitrogen and oxygen atoms in total. The third kappa shape index (κ3) is 4.08. The van der Waals surface area contributed by atoms with Crippen LogP contribution in [0.1, 0.15) is 11.1 Å². The van der Waals surface area contributed by atoms with Crippen molar-refractivity contribution in [2.45, 2.75) is 6.54 Å². The molecule has 3 rings (SSSR count). The number of anilines is 1. The van der Waals surface area contributed by atoms with Gasteiger partial charge < -0.3 is 4.74 Å². The minimum Gasteiger partial charge on any atom is -0.494 e. The lowest BCUT2D eigenvalue weighted by molar-refractivity contribution is 0.386. The van der Waals surface area contributed by atoms with Crippen LogP contribution in [-0.4, -0.2) is 16.8 Å². The summed E-state index contributed by atoms with van der Waals surface area (Å²) in [7, 11) is 1.44. The summed E-state index contributed by atoms with van der Waals surface area (Å²) in [5.41, 5.74) is 2.23. The summed E-state index contributed by atoms with van der Waals surface area (Å²) in [5, 5.41) is 10.9. The van der Waals surface area contributed by atoms with E-state index < -0.39 is 5.82 Å². The van der Waals surface area contributed by atoms with Crippen LogP contribution in [0.3, 0.4) is 0 Å². The molecular weight excluding hydrogens is 343 g/mol. The zero-order chi connectivity index (χ0) is 16.9. The molecule has 1 heterocycles. The molecule has 0 N–H and O–H groups in total. The molecule has 0 radical (unpaired) electrons. The highest BCUT2D eigenvalue weighted by molar-refractivity contribution is 5.85. The average Bonchev–Trinajstić information content (AvgIpc) is 3.14. The van der Waals surface area contributed by atoms with E-state index in [-0.39, 0.29) is 18.2 Å². The van der Waals surface area contributed by atoms with Gasteiger partial charge in [-0.1, -0.05) is 6.07 Å². The highest BCUT2D eigenvalue weighted by atomic mass is 35.5. The lowest BCUT2D eigenvalue weighted by atomic mass is 10.2. The molecule has 0 aliphatic rings. The van der Waals surface area contributed by atoms with Gasteiger partial charge in [0.15, 0.2) is 11.6 Å². The minimum absolute atomic E-state index is 0. The third-order valence-electron chi connectivity index (χ3n) is 3.61. The standard InChI is InChI=1S/C18H15FN4O.ClH/c1-24-18-7-4-15(10-17(18)19)12-23(22-9-8-21-13-22)16-5-2-14(11-20)3-6-16;/h2-10,13H,12H2,1H3;1H. The molecule has 0 saturated heterocycles. The topological polar surface area (TPSA) is 54.1 Å². The number of halogens is 2. The van der Waals surface area contributed by atoms with Gasteiger partial charge in [-0.25, -0.2) is 14.1 Å². The Balaban J connectivity index is 0.00000225. The average molecular weight is 359 g/mol. The molecule has 25 heavy (non-hydrogen) atoms. The summed E-state index contributed by atoms with van der Waals surface area (Å²) in [6.45, 7) is 0.434. The van der Waals surface area contributed by atoms with Gasteiger partial charge in [0.2, 0.25) is 0 Å². The molecule has 0 atom stereocenters. The van der Waals surface area contributed by atoms with Crippen molar-refractivity contribution in [3.63, 3.8) is 0 Å². The van der Waals surface area contributed by atoms with Crippen molar-refractivity contribution >= 4 is 18.1 Å². The number of benzene rings is 2. The fourth-order valence-electron chi connectivity index (χ4n) is 2.39. The lowest BCUT2D eigenvalue weighted by Gasteiger charge is -2.25. The summed E-state index contributed by atoms with van der Waals surface area (Å²) >= 11 is 0. The van der Waals surface area contributed by atoms with Crippen LogP contribution < -0.4 is 9.75 Å². The van der Waals surface area contributed by atoms with E-state index in [1.165, 1.54) is 13.2 Å². The summed E-state index contributed by atoms with van der Waals surface area (Å²) < 4.78 is 20.7. The molecule has 0 aliphatic carbocycles. The van der Waals surface area contributed by atoms with Gasteiger partial charge in [0.05, 0.1) is 31.0 Å². The predicted octanol–water partition coefficient (Wildman–Crippen LogP) is 3.79. The Morgan fingerprint density at radius 2 is 2.00 bits per heavy atom. The molecular formula is C18H16ClFN4O. The van der Waals surface area contributed by atoms with Crippen molar-refractivity contribution < 1.29 is 9.13 Å². The monoisotopic (exact) mass is 358 g/mol. The van der Waals surface area contributed by atoms with Crippen molar-refractivity contribution in [1.29, 1.82) is 5.26 Å². The van der Waals surface area contributed by atoms with Crippen LogP contribution in [0.5, 0.6) is 5.75 Å². The van der Waals surface area contributed by atoms with Gasteiger partial charge in [-0.2, -0.15) is 5.26 Å². The number of nitrogens with zero attached hydrogens (tertiary/aromatic N) is 4. The van der Waals surface area contributed by atoms with Gasteiger partial charge >= 0.3 is 0 Å². The molecule has 0 bridgehead atoms. The maximum absolute atomic E-state index is 13.9. The van der Waals surface area contributed by atoms with Crippen molar-refractivity contribution in [3.05, 3.63) is 78.1 Å². The van der Waals surface area contributed by atoms with Gasteiger partial charge in [0.25, 0.3) is 0 Å². The highest BCUT2D eigenvalue weighted by Crippen LogP contribution is 2.22. The van der Waals surface area contributed by atoms with Gasteiger partial charge in [-0.3, -0.25) is 5.01 Å². The van der Waals surface area contributed by atoms with E-state index in [0.717, 1.165) is 11.3 Å². The smallest absolute Gasteiger partial charge is 0.165 e. The number of hydrogen-bond acceptors (Lipinski definition) is 4. The zero-order valence-corrected chi connectivity index (χ0v) is 14.3. The fraction of sp³-hybridized carbons (Fsp3) is 0.111. The first-order chi connectivity index (χ1) is 11.7. The summed E-state index contributed by atoms with van der Waals surface area (Å²) in [5.74, 6) is -0.188. The number of imidazole rings is 1. The Kier molecular flexibility index (Phi) is 5.98. The Morgan fingerprint density at radius 1 is 1.24 bits per heavy atom. The fourth-order valence-corrected chi connectivity index (χ4v) is 2.39. The molecule has 1 aromatic heterocycles. The first kappa shape index (κ1) is 18.3. The van der Waals surface area contributed by atoms with Crippen LogP contribution in [0, 0.1) is 17.1 Å². The van der Waals surface area contributed by atoms with Crippen LogP contribution in [0.4, 0.5) is 10.1 Å². The quantitative estimate of drug-likeness (QED) is 0.696. The van der Waals surface area contributed by atoms with E-state index in [0.29, 0.717) is 12.1 Å². The summed E-state index contributed by atoms with van der Waals surface area (Å²) in [6, 6.07) is 14.1. The molecule has 0 spiro atoms. The molecule has 7 heteroatoms. The van der Waals surface area contributed by atoms with Gasteiger partial charge in [0.1, 0.15) is 6.33 Å². The van der Waals surface area contributed by atoms with Crippen LogP contribution >= 0.6 is 12.4 Å². The maximum Gasteiger partial charge on any atom is 0.165 e. The lowest BCUT2D eigenvalue weighted by Crippen LogP contribution is -2.27. The van der Waals surface area contributed by atoms with Crippen LogP contribution in [0.25, 0.3) is 0 Å². The Bertz CT molecular complexity index is 860. The van der Waals surface area contributed by atoms with Crippen LogP contribution in [0.2, 0.25) is 0 Å². The highest BCUT2D eigenvalue weighted by Gasteiger charge is 2.11. The first-order valence-corrected chi connectivity index (χ1v) is 7.29. The molecule has 2 aromatic carbocycles. The van der Waals surface area contributed by atoms with Crippen molar-refractivity contribution in [2.75, 3.05) is 12.1 Å².